The van der Waals surface area contributed by atoms with Crippen molar-refractivity contribution in [2.45, 2.75) is 32.6 Å². The van der Waals surface area contributed by atoms with Gasteiger partial charge in [0.1, 0.15) is 0 Å². The Hall–Kier alpha value is -2.95. The van der Waals surface area contributed by atoms with Gasteiger partial charge in [0.25, 0.3) is 5.89 Å². The summed E-state index contributed by atoms with van der Waals surface area (Å²) in [5.41, 5.74) is 4.58. The van der Waals surface area contributed by atoms with Gasteiger partial charge in [0.2, 0.25) is 5.91 Å². The van der Waals surface area contributed by atoms with Crippen molar-refractivity contribution in [2.24, 2.45) is 0 Å². The maximum Gasteiger partial charge on any atom is 0.257 e. The van der Waals surface area contributed by atoms with Crippen LogP contribution in [0.1, 0.15) is 34.9 Å². The highest BCUT2D eigenvalue weighted by Gasteiger charge is 2.33. The Morgan fingerprint density at radius 1 is 1.11 bits per heavy atom. The number of hydrogen-bond donors (Lipinski definition) is 0. The maximum absolute atomic E-state index is 12.4. The van der Waals surface area contributed by atoms with Gasteiger partial charge in [0.15, 0.2) is 5.82 Å². The minimum Gasteiger partial charge on any atom is -0.342 e. The minimum atomic E-state index is -0.00248. The normalized spacial score (nSPS) is 16.9. The average molecular weight is 361 g/mol. The number of carbonyl (C=O) groups excluding carboxylic acids is 1. The Labute approximate surface area is 159 Å². The number of rotatable bonds is 5. The molecule has 2 heterocycles. The number of aryl methyl sites for hydroxylation is 2. The molecule has 1 atom stereocenters. The highest BCUT2D eigenvalue weighted by molar-refractivity contribution is 5.79. The molecule has 1 unspecified atom stereocenters. The molecule has 1 aromatic heterocycles. The van der Waals surface area contributed by atoms with Crippen molar-refractivity contribution in [2.75, 3.05) is 13.1 Å². The number of nitrogens with zero attached hydrogens (tertiary/aromatic N) is 3. The molecule has 5 nitrogen and oxygen atoms in total. The summed E-state index contributed by atoms with van der Waals surface area (Å²) in [6.45, 7) is 5.52. The molecule has 27 heavy (non-hydrogen) atoms. The van der Waals surface area contributed by atoms with Gasteiger partial charge < -0.3 is 9.42 Å². The lowest BCUT2D eigenvalue weighted by atomic mass is 10.1. The van der Waals surface area contributed by atoms with Crippen LogP contribution in [0.25, 0.3) is 11.5 Å². The second-order valence-corrected chi connectivity index (χ2v) is 7.23. The zero-order valence-corrected chi connectivity index (χ0v) is 15.7. The van der Waals surface area contributed by atoms with E-state index in [1.165, 1.54) is 16.7 Å². The van der Waals surface area contributed by atoms with E-state index in [0.29, 0.717) is 24.7 Å². The van der Waals surface area contributed by atoms with Crippen LogP contribution in [-0.2, 0) is 11.2 Å². The van der Waals surface area contributed by atoms with Gasteiger partial charge in [-0.1, -0.05) is 41.6 Å². The van der Waals surface area contributed by atoms with E-state index in [1.807, 2.05) is 29.2 Å². The fourth-order valence-corrected chi connectivity index (χ4v) is 3.46. The van der Waals surface area contributed by atoms with Crippen molar-refractivity contribution in [1.82, 2.24) is 15.0 Å². The predicted molar refractivity (Wildman–Crippen MR) is 103 cm³/mol. The lowest BCUT2D eigenvalue weighted by molar-refractivity contribution is -0.127. The highest BCUT2D eigenvalue weighted by Crippen LogP contribution is 2.28. The summed E-state index contributed by atoms with van der Waals surface area (Å²) in [6, 6.07) is 16.3. The molecule has 0 spiro atoms. The largest absolute Gasteiger partial charge is 0.342 e. The second kappa shape index (κ2) is 7.35. The zero-order valence-electron chi connectivity index (χ0n) is 15.7. The minimum absolute atomic E-state index is 0.00248. The van der Waals surface area contributed by atoms with E-state index in [9.17, 15) is 4.79 Å². The molecule has 1 fully saturated rings. The molecule has 1 amide bonds. The van der Waals surface area contributed by atoms with Gasteiger partial charge in [-0.05, 0) is 49.1 Å². The summed E-state index contributed by atoms with van der Waals surface area (Å²) in [7, 11) is 0. The lowest BCUT2D eigenvalue weighted by Gasteiger charge is -2.15. The van der Waals surface area contributed by atoms with Crippen LogP contribution in [0.3, 0.4) is 0 Å². The van der Waals surface area contributed by atoms with Crippen LogP contribution in [-0.4, -0.2) is 34.0 Å². The predicted octanol–water partition coefficient (Wildman–Crippen LogP) is 3.91. The topological polar surface area (TPSA) is 59.2 Å². The number of amides is 1. The van der Waals surface area contributed by atoms with Gasteiger partial charge in [-0.3, -0.25) is 4.79 Å². The quantitative estimate of drug-likeness (QED) is 0.691. The zero-order chi connectivity index (χ0) is 18.8. The van der Waals surface area contributed by atoms with Crippen LogP contribution >= 0.6 is 0 Å². The molecule has 1 aliphatic heterocycles. The molecule has 4 rings (SSSR count). The van der Waals surface area contributed by atoms with Crippen LogP contribution < -0.4 is 0 Å². The van der Waals surface area contributed by atoms with Crippen molar-refractivity contribution in [3.63, 3.8) is 0 Å². The number of carbonyl (C=O) groups is 1. The fraction of sp³-hybridized carbons (Fsp3) is 0.318. The fourth-order valence-electron chi connectivity index (χ4n) is 3.46. The van der Waals surface area contributed by atoms with Crippen molar-refractivity contribution in [3.05, 3.63) is 71.0 Å². The smallest absolute Gasteiger partial charge is 0.257 e. The standard InChI is InChI=1S/C22H23N3O2/c1-15-8-9-18(12-16(15)2)22-23-21(24-27-22)19-13-20(26)25(14-19)11-10-17-6-4-3-5-7-17/h3-9,12,19H,10-11,13-14H2,1-2H3. The SMILES string of the molecule is Cc1ccc(-c2nc(C3CC(=O)N(CCc4ccccc4)C3)no2)cc1C. The molecule has 0 radical (unpaired) electrons. The Morgan fingerprint density at radius 3 is 2.70 bits per heavy atom. The molecule has 0 N–H and O–H groups in total. The second-order valence-electron chi connectivity index (χ2n) is 7.23. The number of aromatic nitrogens is 2. The maximum atomic E-state index is 12.4. The van der Waals surface area contributed by atoms with Crippen LogP contribution in [0, 0.1) is 13.8 Å². The molecule has 0 bridgehead atoms. The van der Waals surface area contributed by atoms with E-state index in [4.69, 9.17) is 4.52 Å². The Bertz CT molecular complexity index is 949. The number of benzene rings is 2. The number of likely N-dealkylation sites (tertiary alicyclic amines) is 1. The van der Waals surface area contributed by atoms with Crippen molar-refractivity contribution < 1.29 is 9.32 Å². The Balaban J connectivity index is 1.43. The van der Waals surface area contributed by atoms with E-state index in [2.05, 4.69) is 48.3 Å². The first-order chi connectivity index (χ1) is 13.1. The van der Waals surface area contributed by atoms with Crippen molar-refractivity contribution in [3.8, 4) is 11.5 Å². The average Bonchev–Trinajstić information content (AvgIpc) is 3.30. The highest BCUT2D eigenvalue weighted by atomic mass is 16.5. The molecule has 0 aliphatic carbocycles. The molecule has 0 saturated carbocycles. The van der Waals surface area contributed by atoms with E-state index in [-0.39, 0.29) is 11.8 Å². The van der Waals surface area contributed by atoms with Crippen LogP contribution in [0.5, 0.6) is 0 Å². The molecule has 138 valence electrons. The molecule has 1 aliphatic rings. The van der Waals surface area contributed by atoms with Gasteiger partial charge in [-0.2, -0.15) is 4.98 Å². The summed E-state index contributed by atoms with van der Waals surface area (Å²) >= 11 is 0. The molecule has 2 aromatic carbocycles. The Kier molecular flexibility index (Phi) is 4.75. The summed E-state index contributed by atoms with van der Waals surface area (Å²) in [5, 5.41) is 4.15. The first kappa shape index (κ1) is 17.5. The van der Waals surface area contributed by atoms with Gasteiger partial charge >= 0.3 is 0 Å². The third kappa shape index (κ3) is 3.77. The van der Waals surface area contributed by atoms with Crippen molar-refractivity contribution >= 4 is 5.91 Å². The molecule has 5 heteroatoms. The molecule has 3 aromatic rings. The molecule has 1 saturated heterocycles. The van der Waals surface area contributed by atoms with Crippen LogP contribution in [0.15, 0.2) is 53.1 Å². The third-order valence-electron chi connectivity index (χ3n) is 5.29. The summed E-state index contributed by atoms with van der Waals surface area (Å²) in [6.07, 6.45) is 1.31. The van der Waals surface area contributed by atoms with E-state index in [1.54, 1.807) is 0 Å². The van der Waals surface area contributed by atoms with E-state index < -0.39 is 0 Å². The number of hydrogen-bond acceptors (Lipinski definition) is 4. The summed E-state index contributed by atoms with van der Waals surface area (Å²) < 4.78 is 5.47. The van der Waals surface area contributed by atoms with E-state index >= 15 is 0 Å². The monoisotopic (exact) mass is 361 g/mol. The molecular weight excluding hydrogens is 338 g/mol. The third-order valence-corrected chi connectivity index (χ3v) is 5.29. The van der Waals surface area contributed by atoms with Crippen LogP contribution in [0.4, 0.5) is 0 Å². The first-order valence-corrected chi connectivity index (χ1v) is 9.33. The molecular formula is C22H23N3O2. The van der Waals surface area contributed by atoms with Gasteiger partial charge in [-0.25, -0.2) is 0 Å². The van der Waals surface area contributed by atoms with Gasteiger partial charge in [0.05, 0.1) is 0 Å². The Morgan fingerprint density at radius 2 is 1.93 bits per heavy atom. The summed E-state index contributed by atoms with van der Waals surface area (Å²) in [4.78, 5) is 18.8. The summed E-state index contributed by atoms with van der Waals surface area (Å²) in [5.74, 6) is 1.30. The first-order valence-electron chi connectivity index (χ1n) is 9.33. The van der Waals surface area contributed by atoms with Gasteiger partial charge in [0, 0.05) is 31.0 Å². The van der Waals surface area contributed by atoms with Crippen molar-refractivity contribution in [1.29, 1.82) is 0 Å². The lowest BCUT2D eigenvalue weighted by Crippen LogP contribution is -2.27. The van der Waals surface area contributed by atoms with E-state index in [0.717, 1.165) is 18.5 Å². The van der Waals surface area contributed by atoms with Crippen LogP contribution in [0.2, 0.25) is 0 Å². The van der Waals surface area contributed by atoms with Gasteiger partial charge in [-0.15, -0.1) is 0 Å².